The first kappa shape index (κ1) is 20.7. The van der Waals surface area contributed by atoms with E-state index in [2.05, 4.69) is 0 Å². The normalized spacial score (nSPS) is 10.3. The standard InChI is InChI=1S/C23H19NO6/c1-15-13-19(9-10-20(15)24(27)28)29-14-22(25)30-21-11-8-18(12-16(21)2)23(26)17-6-4-3-5-7-17/h3-13H,14H2,1-2H3. The summed E-state index contributed by atoms with van der Waals surface area (Å²) in [5.74, 6) is -0.0895. The molecule has 7 nitrogen and oxygen atoms in total. The minimum atomic E-state index is -0.628. The van der Waals surface area contributed by atoms with E-state index in [4.69, 9.17) is 9.47 Å². The molecule has 0 aliphatic carbocycles. The van der Waals surface area contributed by atoms with Gasteiger partial charge in [-0.25, -0.2) is 4.79 Å². The molecular weight excluding hydrogens is 386 g/mol. The largest absolute Gasteiger partial charge is 0.482 e. The van der Waals surface area contributed by atoms with Gasteiger partial charge in [0, 0.05) is 22.8 Å². The highest BCUT2D eigenvalue weighted by molar-refractivity contribution is 6.09. The molecule has 0 spiro atoms. The van der Waals surface area contributed by atoms with Crippen molar-refractivity contribution >= 4 is 17.4 Å². The molecule has 0 aliphatic heterocycles. The van der Waals surface area contributed by atoms with Crippen LogP contribution in [0.4, 0.5) is 5.69 Å². The molecule has 0 saturated carbocycles. The van der Waals surface area contributed by atoms with Crippen molar-refractivity contribution in [2.24, 2.45) is 0 Å². The summed E-state index contributed by atoms with van der Waals surface area (Å²) >= 11 is 0. The number of nitrogens with zero attached hydrogens (tertiary/aromatic N) is 1. The van der Waals surface area contributed by atoms with Crippen molar-refractivity contribution in [2.75, 3.05) is 6.61 Å². The molecule has 0 bridgehead atoms. The van der Waals surface area contributed by atoms with Gasteiger partial charge < -0.3 is 9.47 Å². The average Bonchev–Trinajstić information content (AvgIpc) is 2.73. The molecule has 7 heteroatoms. The van der Waals surface area contributed by atoms with Gasteiger partial charge in [0.2, 0.25) is 0 Å². The summed E-state index contributed by atoms with van der Waals surface area (Å²) in [5, 5.41) is 10.9. The number of nitro groups is 1. The number of esters is 1. The second kappa shape index (κ2) is 9.00. The van der Waals surface area contributed by atoms with Crippen LogP contribution in [0.3, 0.4) is 0 Å². The molecule has 0 aliphatic rings. The number of ether oxygens (including phenoxy) is 2. The van der Waals surface area contributed by atoms with Crippen molar-refractivity contribution in [1.82, 2.24) is 0 Å². The Morgan fingerprint density at radius 1 is 0.900 bits per heavy atom. The van der Waals surface area contributed by atoms with Crippen LogP contribution >= 0.6 is 0 Å². The van der Waals surface area contributed by atoms with Gasteiger partial charge in [-0.2, -0.15) is 0 Å². The molecule has 0 heterocycles. The summed E-state index contributed by atoms with van der Waals surface area (Å²) in [5.41, 5.74) is 2.12. The Labute approximate surface area is 173 Å². The van der Waals surface area contributed by atoms with E-state index >= 15 is 0 Å². The Morgan fingerprint density at radius 3 is 2.27 bits per heavy atom. The summed E-state index contributed by atoms with van der Waals surface area (Å²) in [6, 6.07) is 18.0. The van der Waals surface area contributed by atoms with Crippen molar-refractivity contribution < 1.29 is 24.0 Å². The zero-order valence-corrected chi connectivity index (χ0v) is 16.5. The van der Waals surface area contributed by atoms with Gasteiger partial charge in [-0.05, 0) is 49.7 Å². The van der Waals surface area contributed by atoms with Gasteiger partial charge in [-0.15, -0.1) is 0 Å². The van der Waals surface area contributed by atoms with Gasteiger partial charge in [0.25, 0.3) is 5.69 Å². The number of hydrogen-bond donors (Lipinski definition) is 0. The number of ketones is 1. The van der Waals surface area contributed by atoms with Crippen LogP contribution in [0.15, 0.2) is 66.7 Å². The lowest BCUT2D eigenvalue weighted by molar-refractivity contribution is -0.385. The highest BCUT2D eigenvalue weighted by atomic mass is 16.6. The van der Waals surface area contributed by atoms with E-state index in [1.54, 1.807) is 56.3 Å². The smallest absolute Gasteiger partial charge is 0.349 e. The van der Waals surface area contributed by atoms with Crippen molar-refractivity contribution in [1.29, 1.82) is 0 Å². The maximum atomic E-state index is 12.5. The molecule has 0 unspecified atom stereocenters. The van der Waals surface area contributed by atoms with Crippen LogP contribution in [-0.4, -0.2) is 23.3 Å². The number of benzene rings is 3. The molecule has 0 fully saturated rings. The first-order valence-corrected chi connectivity index (χ1v) is 9.14. The molecule has 3 rings (SSSR count). The Morgan fingerprint density at radius 2 is 1.63 bits per heavy atom. The molecule has 152 valence electrons. The topological polar surface area (TPSA) is 95.7 Å². The van der Waals surface area contributed by atoms with E-state index in [0.29, 0.717) is 33.8 Å². The van der Waals surface area contributed by atoms with Gasteiger partial charge in [-0.1, -0.05) is 30.3 Å². The fourth-order valence-corrected chi connectivity index (χ4v) is 2.88. The molecule has 3 aromatic carbocycles. The fraction of sp³-hybridized carbons (Fsp3) is 0.130. The van der Waals surface area contributed by atoms with Gasteiger partial charge in [0.15, 0.2) is 12.4 Å². The van der Waals surface area contributed by atoms with Crippen molar-refractivity contribution in [3.8, 4) is 11.5 Å². The molecular formula is C23H19NO6. The fourth-order valence-electron chi connectivity index (χ4n) is 2.88. The summed E-state index contributed by atoms with van der Waals surface area (Å²) in [4.78, 5) is 35.0. The molecule has 0 radical (unpaired) electrons. The summed E-state index contributed by atoms with van der Waals surface area (Å²) < 4.78 is 10.7. The number of carbonyl (C=O) groups excluding carboxylic acids is 2. The maximum absolute atomic E-state index is 12.5. The number of hydrogen-bond acceptors (Lipinski definition) is 6. The summed E-state index contributed by atoms with van der Waals surface area (Å²) in [7, 11) is 0. The van der Waals surface area contributed by atoms with Gasteiger partial charge >= 0.3 is 5.97 Å². The molecule has 0 saturated heterocycles. The van der Waals surface area contributed by atoms with E-state index in [-0.39, 0.29) is 18.1 Å². The lowest BCUT2D eigenvalue weighted by Gasteiger charge is -2.10. The highest BCUT2D eigenvalue weighted by Gasteiger charge is 2.14. The Hall–Kier alpha value is -4.00. The minimum absolute atomic E-state index is 0.0225. The Bertz CT molecular complexity index is 1110. The predicted octanol–water partition coefficient (Wildman–Crippen LogP) is 4.43. The second-order valence-corrected chi connectivity index (χ2v) is 6.64. The van der Waals surface area contributed by atoms with E-state index in [1.165, 1.54) is 18.2 Å². The summed E-state index contributed by atoms with van der Waals surface area (Å²) in [6.07, 6.45) is 0. The quantitative estimate of drug-likeness (QED) is 0.190. The van der Waals surface area contributed by atoms with Crippen LogP contribution in [0.1, 0.15) is 27.0 Å². The first-order chi connectivity index (χ1) is 14.3. The van der Waals surface area contributed by atoms with Crippen LogP contribution in [0, 0.1) is 24.0 Å². The van der Waals surface area contributed by atoms with E-state index in [9.17, 15) is 19.7 Å². The lowest BCUT2D eigenvalue weighted by Crippen LogP contribution is -2.18. The van der Waals surface area contributed by atoms with Crippen LogP contribution in [-0.2, 0) is 4.79 Å². The molecule has 0 aromatic heterocycles. The van der Waals surface area contributed by atoms with Crippen molar-refractivity contribution in [3.05, 3.63) is 99.1 Å². The third kappa shape index (κ3) is 4.88. The average molecular weight is 405 g/mol. The van der Waals surface area contributed by atoms with Crippen molar-refractivity contribution in [3.63, 3.8) is 0 Å². The molecule has 0 atom stereocenters. The number of nitro benzene ring substituents is 1. The SMILES string of the molecule is Cc1cc(C(=O)c2ccccc2)ccc1OC(=O)COc1ccc([N+](=O)[O-])c(C)c1. The number of carbonyl (C=O) groups is 2. The third-order valence-corrected chi connectivity index (χ3v) is 4.42. The zero-order valence-electron chi connectivity index (χ0n) is 16.5. The predicted molar refractivity (Wildman–Crippen MR) is 110 cm³/mol. The van der Waals surface area contributed by atoms with E-state index < -0.39 is 10.9 Å². The maximum Gasteiger partial charge on any atom is 0.349 e. The molecule has 0 N–H and O–H groups in total. The van der Waals surface area contributed by atoms with Gasteiger partial charge in [0.05, 0.1) is 4.92 Å². The number of rotatable bonds is 7. The monoisotopic (exact) mass is 405 g/mol. The van der Waals surface area contributed by atoms with Gasteiger partial charge in [0.1, 0.15) is 11.5 Å². The van der Waals surface area contributed by atoms with Crippen molar-refractivity contribution in [2.45, 2.75) is 13.8 Å². The zero-order chi connectivity index (χ0) is 21.7. The van der Waals surface area contributed by atoms with Crippen LogP contribution in [0.2, 0.25) is 0 Å². The van der Waals surface area contributed by atoms with E-state index in [1.807, 2.05) is 6.07 Å². The summed E-state index contributed by atoms with van der Waals surface area (Å²) in [6.45, 7) is 2.97. The molecule has 30 heavy (non-hydrogen) atoms. The lowest BCUT2D eigenvalue weighted by atomic mass is 10.0. The first-order valence-electron chi connectivity index (χ1n) is 9.14. The second-order valence-electron chi connectivity index (χ2n) is 6.64. The Kier molecular flexibility index (Phi) is 6.22. The Balaban J connectivity index is 1.62. The molecule has 0 amide bonds. The minimum Gasteiger partial charge on any atom is -0.482 e. The van der Waals surface area contributed by atoms with Gasteiger partial charge in [-0.3, -0.25) is 14.9 Å². The van der Waals surface area contributed by atoms with Crippen LogP contribution in [0.5, 0.6) is 11.5 Å². The third-order valence-electron chi connectivity index (χ3n) is 4.42. The van der Waals surface area contributed by atoms with Crippen LogP contribution in [0.25, 0.3) is 0 Å². The van der Waals surface area contributed by atoms with Crippen LogP contribution < -0.4 is 9.47 Å². The number of aryl methyl sites for hydroxylation is 2. The van der Waals surface area contributed by atoms with E-state index in [0.717, 1.165) is 0 Å². The highest BCUT2D eigenvalue weighted by Crippen LogP contribution is 2.24. The molecule has 3 aromatic rings.